The number of rotatable bonds is 43. The van der Waals surface area contributed by atoms with E-state index in [0.717, 1.165) is 51.4 Å². The summed E-state index contributed by atoms with van der Waals surface area (Å²) in [6.07, 6.45) is 35.4. The Kier molecular flexibility index (Phi) is 38.8. The van der Waals surface area contributed by atoms with Gasteiger partial charge in [0.1, 0.15) is 36.6 Å². The average Bonchev–Trinajstić information content (AvgIpc) is 3.27. The van der Waals surface area contributed by atoms with E-state index in [-0.39, 0.29) is 12.8 Å². The van der Waals surface area contributed by atoms with Crippen LogP contribution < -0.4 is 5.32 Å². The Labute approximate surface area is 378 Å². The van der Waals surface area contributed by atoms with Crippen LogP contribution in [0.1, 0.15) is 226 Å². The van der Waals surface area contributed by atoms with E-state index in [4.69, 9.17) is 9.47 Å². The molecule has 0 bridgehead atoms. The second-order valence-electron chi connectivity index (χ2n) is 18.2. The predicted octanol–water partition coefficient (Wildman–Crippen LogP) is 9.40. The molecule has 0 saturated carbocycles. The quantitative estimate of drug-likeness (QED) is 0.0216. The molecule has 9 atom stereocenters. The number of ether oxygens (including phenoxy) is 2. The lowest BCUT2D eigenvalue weighted by atomic mass is 9.98. The van der Waals surface area contributed by atoms with Crippen molar-refractivity contribution in [2.45, 2.75) is 281 Å². The molecule has 62 heavy (non-hydrogen) atoms. The number of aliphatic hydroxyl groups excluding tert-OH is 7. The van der Waals surface area contributed by atoms with Crippen LogP contribution in [0.2, 0.25) is 0 Å². The zero-order valence-corrected chi connectivity index (χ0v) is 39.6. The first kappa shape index (κ1) is 58.6. The lowest BCUT2D eigenvalue weighted by molar-refractivity contribution is -0.303. The van der Waals surface area contributed by atoms with Crippen LogP contribution in [-0.4, -0.2) is 110 Å². The highest BCUT2D eigenvalue weighted by atomic mass is 16.7. The van der Waals surface area contributed by atoms with E-state index < -0.39 is 74.2 Å². The largest absolute Gasteiger partial charge is 0.394 e. The van der Waals surface area contributed by atoms with E-state index in [2.05, 4.69) is 43.5 Å². The average molecular weight is 884 g/mol. The molecule has 1 aliphatic heterocycles. The van der Waals surface area contributed by atoms with Crippen LogP contribution in [0.5, 0.6) is 0 Å². The first-order chi connectivity index (χ1) is 30.2. The Morgan fingerprint density at radius 2 is 0.968 bits per heavy atom. The van der Waals surface area contributed by atoms with E-state index in [0.29, 0.717) is 12.8 Å². The van der Waals surface area contributed by atoms with Crippen LogP contribution >= 0.6 is 0 Å². The van der Waals surface area contributed by atoms with Crippen molar-refractivity contribution in [2.24, 2.45) is 0 Å². The summed E-state index contributed by atoms with van der Waals surface area (Å²) >= 11 is 0. The number of hydrogen-bond donors (Lipinski definition) is 8. The van der Waals surface area contributed by atoms with Gasteiger partial charge in [-0.3, -0.25) is 4.79 Å². The SMILES string of the molecule is CCCC/C=C\CCCCCCC(O)C(=O)NC(COC1OC(CO)C(O)C(O)C1O)C(O)C(O)CCC/C=C/CCCCCCCCCCCCCCCCCCCCCC. The van der Waals surface area contributed by atoms with Gasteiger partial charge in [0.05, 0.1) is 25.4 Å². The summed E-state index contributed by atoms with van der Waals surface area (Å²) in [5, 5.41) is 75.6. The molecule has 0 aliphatic carbocycles. The molecule has 8 N–H and O–H groups in total. The number of amides is 1. The highest BCUT2D eigenvalue weighted by Gasteiger charge is 2.44. The number of carbonyl (C=O) groups is 1. The van der Waals surface area contributed by atoms with Crippen molar-refractivity contribution in [1.29, 1.82) is 0 Å². The van der Waals surface area contributed by atoms with Crippen LogP contribution in [0.4, 0.5) is 0 Å². The molecule has 1 aliphatic rings. The first-order valence-electron chi connectivity index (χ1n) is 25.7. The fraction of sp³-hybridized carbons (Fsp3) is 0.902. The molecule has 0 aromatic heterocycles. The van der Waals surface area contributed by atoms with Crippen molar-refractivity contribution in [2.75, 3.05) is 13.2 Å². The van der Waals surface area contributed by atoms with Crippen LogP contribution in [-0.2, 0) is 14.3 Å². The Hall–Kier alpha value is -1.41. The molecular weight excluding hydrogens is 787 g/mol. The molecule has 1 saturated heterocycles. The van der Waals surface area contributed by atoms with Gasteiger partial charge < -0.3 is 50.5 Å². The Balaban J connectivity index is 2.33. The van der Waals surface area contributed by atoms with Gasteiger partial charge in [-0.15, -0.1) is 0 Å². The lowest BCUT2D eigenvalue weighted by Gasteiger charge is -2.40. The summed E-state index contributed by atoms with van der Waals surface area (Å²) in [5.74, 6) is -0.717. The van der Waals surface area contributed by atoms with Crippen LogP contribution in [0.15, 0.2) is 24.3 Å². The van der Waals surface area contributed by atoms with Gasteiger partial charge in [0, 0.05) is 0 Å². The molecule has 1 rings (SSSR count). The first-order valence-corrected chi connectivity index (χ1v) is 25.7. The third kappa shape index (κ3) is 29.9. The zero-order chi connectivity index (χ0) is 45.5. The van der Waals surface area contributed by atoms with Gasteiger partial charge in [0.2, 0.25) is 5.91 Å². The van der Waals surface area contributed by atoms with Crippen molar-refractivity contribution < 1.29 is 50.0 Å². The highest BCUT2D eigenvalue weighted by molar-refractivity contribution is 5.80. The second-order valence-corrected chi connectivity index (χ2v) is 18.2. The van der Waals surface area contributed by atoms with Gasteiger partial charge >= 0.3 is 0 Å². The molecule has 1 fully saturated rings. The van der Waals surface area contributed by atoms with Crippen LogP contribution in [0, 0.1) is 0 Å². The second kappa shape index (κ2) is 41.1. The molecule has 0 radical (unpaired) electrons. The van der Waals surface area contributed by atoms with E-state index in [1.54, 1.807) is 0 Å². The van der Waals surface area contributed by atoms with E-state index in [1.807, 2.05) is 0 Å². The van der Waals surface area contributed by atoms with Crippen LogP contribution in [0.25, 0.3) is 0 Å². The lowest BCUT2D eigenvalue weighted by Crippen LogP contribution is -2.60. The minimum atomic E-state index is -1.67. The van der Waals surface area contributed by atoms with Gasteiger partial charge in [-0.25, -0.2) is 0 Å². The normalized spacial score (nSPS) is 21.5. The Morgan fingerprint density at radius 1 is 0.548 bits per heavy atom. The number of carbonyl (C=O) groups excluding carboxylic acids is 1. The molecule has 9 unspecified atom stereocenters. The number of aliphatic hydroxyl groups is 7. The van der Waals surface area contributed by atoms with E-state index in [9.17, 15) is 40.5 Å². The Bertz CT molecular complexity index is 1060. The zero-order valence-electron chi connectivity index (χ0n) is 39.6. The van der Waals surface area contributed by atoms with Crippen molar-refractivity contribution >= 4 is 5.91 Å². The molecule has 11 nitrogen and oxygen atoms in total. The molecule has 0 aromatic rings. The van der Waals surface area contributed by atoms with Crippen molar-refractivity contribution in [3.05, 3.63) is 24.3 Å². The number of hydrogen-bond acceptors (Lipinski definition) is 10. The molecule has 1 amide bonds. The number of nitrogens with one attached hydrogen (secondary N) is 1. The van der Waals surface area contributed by atoms with E-state index in [1.165, 1.54) is 135 Å². The van der Waals surface area contributed by atoms with Crippen molar-refractivity contribution in [1.82, 2.24) is 5.32 Å². The maximum atomic E-state index is 13.0. The van der Waals surface area contributed by atoms with Crippen molar-refractivity contribution in [3.63, 3.8) is 0 Å². The topological polar surface area (TPSA) is 189 Å². The predicted molar refractivity (Wildman–Crippen MR) is 252 cm³/mol. The standard InChI is InChI=1S/C51H97NO10/c1-3-5-7-9-11-13-15-16-17-18-19-20-21-22-23-24-25-26-27-28-29-31-32-34-36-38-43(54)46(56)42(41-61-51-49(59)48(58)47(57)45(40-53)62-51)52-50(60)44(55)39-37-35-33-30-14-12-10-8-6-4-2/h10,12,31-32,42-49,51,53-59H,3-9,11,13-30,33-41H2,1-2H3,(H,52,60)/b12-10-,32-31+. The monoisotopic (exact) mass is 884 g/mol. The summed E-state index contributed by atoms with van der Waals surface area (Å²) in [6, 6.07) is -1.19. The maximum absolute atomic E-state index is 13.0. The highest BCUT2D eigenvalue weighted by Crippen LogP contribution is 2.23. The van der Waals surface area contributed by atoms with Gasteiger partial charge in [0.25, 0.3) is 0 Å². The van der Waals surface area contributed by atoms with E-state index >= 15 is 0 Å². The summed E-state index contributed by atoms with van der Waals surface area (Å²) in [6.45, 7) is 3.38. The fourth-order valence-electron chi connectivity index (χ4n) is 8.19. The van der Waals surface area contributed by atoms with Gasteiger partial charge in [-0.1, -0.05) is 192 Å². The van der Waals surface area contributed by atoms with Crippen molar-refractivity contribution in [3.8, 4) is 0 Å². The Morgan fingerprint density at radius 3 is 1.44 bits per heavy atom. The van der Waals surface area contributed by atoms with Gasteiger partial charge in [0.15, 0.2) is 6.29 Å². The third-order valence-corrected chi connectivity index (χ3v) is 12.5. The summed E-state index contributed by atoms with van der Waals surface area (Å²) in [7, 11) is 0. The molecular formula is C51H97NO10. The fourth-order valence-corrected chi connectivity index (χ4v) is 8.19. The molecule has 11 heteroatoms. The minimum absolute atomic E-state index is 0.239. The van der Waals surface area contributed by atoms with Gasteiger partial charge in [-0.05, 0) is 57.8 Å². The molecule has 366 valence electrons. The van der Waals surface area contributed by atoms with Crippen LogP contribution in [0.3, 0.4) is 0 Å². The molecule has 0 spiro atoms. The molecule has 0 aromatic carbocycles. The third-order valence-electron chi connectivity index (χ3n) is 12.5. The minimum Gasteiger partial charge on any atom is -0.394 e. The maximum Gasteiger partial charge on any atom is 0.249 e. The summed E-state index contributed by atoms with van der Waals surface area (Å²) in [5.41, 5.74) is 0. The summed E-state index contributed by atoms with van der Waals surface area (Å²) in [4.78, 5) is 13.0. The molecule has 1 heterocycles. The smallest absolute Gasteiger partial charge is 0.249 e. The number of allylic oxidation sites excluding steroid dienone is 4. The number of unbranched alkanes of at least 4 members (excludes halogenated alkanes) is 27. The van der Waals surface area contributed by atoms with Gasteiger partial charge in [-0.2, -0.15) is 0 Å². The summed E-state index contributed by atoms with van der Waals surface area (Å²) < 4.78 is 11.1.